The fraction of sp³-hybridized carbons (Fsp3) is 0.278. The van der Waals surface area contributed by atoms with E-state index in [1.807, 2.05) is 39.0 Å². The predicted molar refractivity (Wildman–Crippen MR) is 84.6 cm³/mol. The number of carboxylic acid groups (broad SMARTS) is 1. The number of rotatable bonds is 5. The Morgan fingerprint density at radius 1 is 1.05 bits per heavy atom. The molecule has 0 saturated heterocycles. The summed E-state index contributed by atoms with van der Waals surface area (Å²) in [5.41, 5.74) is 3.10. The third-order valence-corrected chi connectivity index (χ3v) is 2.77. The predicted octanol–water partition coefficient (Wildman–Crippen LogP) is 4.23. The summed E-state index contributed by atoms with van der Waals surface area (Å²) >= 11 is 0. The summed E-state index contributed by atoms with van der Waals surface area (Å²) in [6.07, 6.45) is 0.0398. The smallest absolute Gasteiger partial charge is 0.307 e. The quantitative estimate of drug-likeness (QED) is 0.894. The van der Waals surface area contributed by atoms with Crippen LogP contribution in [0.3, 0.4) is 0 Å². The van der Waals surface area contributed by atoms with Crippen LogP contribution >= 0.6 is 0 Å². The lowest BCUT2D eigenvalue weighted by molar-refractivity contribution is -0.136. The zero-order valence-corrected chi connectivity index (χ0v) is 12.8. The molecule has 3 nitrogen and oxygen atoms in total. The molecule has 2 aromatic rings. The van der Waals surface area contributed by atoms with E-state index in [9.17, 15) is 4.79 Å². The number of aryl methyl sites for hydroxylation is 1. The molecule has 1 N–H and O–H groups in total. The minimum absolute atomic E-state index is 0.0398. The van der Waals surface area contributed by atoms with E-state index in [-0.39, 0.29) is 6.42 Å². The zero-order valence-electron chi connectivity index (χ0n) is 12.8. The van der Waals surface area contributed by atoms with Gasteiger partial charge in [0.1, 0.15) is 12.4 Å². The summed E-state index contributed by atoms with van der Waals surface area (Å²) in [7, 11) is 0. The van der Waals surface area contributed by atoms with Crippen LogP contribution in [0.15, 0.2) is 48.5 Å². The Bertz CT molecular complexity index is 559. The summed E-state index contributed by atoms with van der Waals surface area (Å²) in [5, 5.41) is 8.68. The van der Waals surface area contributed by atoms with Crippen molar-refractivity contribution in [2.24, 2.45) is 0 Å². The first-order valence-electron chi connectivity index (χ1n) is 7.12. The van der Waals surface area contributed by atoms with E-state index in [1.165, 1.54) is 5.56 Å². The van der Waals surface area contributed by atoms with Gasteiger partial charge in [0, 0.05) is 0 Å². The van der Waals surface area contributed by atoms with Crippen LogP contribution in [0.4, 0.5) is 0 Å². The molecule has 112 valence electrons. The van der Waals surface area contributed by atoms with Crippen molar-refractivity contribution in [1.29, 1.82) is 0 Å². The molecule has 0 atom stereocenters. The fourth-order valence-electron chi connectivity index (χ4n) is 1.85. The highest BCUT2D eigenvalue weighted by Gasteiger charge is 2.01. The normalized spacial score (nSPS) is 9.48. The lowest BCUT2D eigenvalue weighted by Crippen LogP contribution is -2.00. The van der Waals surface area contributed by atoms with Crippen LogP contribution in [0.25, 0.3) is 0 Å². The minimum Gasteiger partial charge on any atom is -0.489 e. The lowest BCUT2D eigenvalue weighted by Gasteiger charge is -2.07. The summed E-state index contributed by atoms with van der Waals surface area (Å²) in [6, 6.07) is 15.3. The van der Waals surface area contributed by atoms with Gasteiger partial charge < -0.3 is 9.84 Å². The largest absolute Gasteiger partial charge is 0.489 e. The molecule has 3 heteroatoms. The molecule has 0 heterocycles. The van der Waals surface area contributed by atoms with Gasteiger partial charge in [-0.1, -0.05) is 55.8 Å². The fourth-order valence-corrected chi connectivity index (χ4v) is 1.85. The number of carboxylic acids is 1. The molecule has 0 aliphatic heterocycles. The average Bonchev–Trinajstić information content (AvgIpc) is 2.48. The van der Waals surface area contributed by atoms with Gasteiger partial charge in [-0.15, -0.1) is 0 Å². The molecule has 0 spiro atoms. The van der Waals surface area contributed by atoms with E-state index < -0.39 is 5.97 Å². The second-order valence-electron chi connectivity index (χ2n) is 4.49. The Morgan fingerprint density at radius 3 is 2.29 bits per heavy atom. The van der Waals surface area contributed by atoms with Gasteiger partial charge in [0.05, 0.1) is 6.42 Å². The van der Waals surface area contributed by atoms with Crippen LogP contribution in [-0.2, 0) is 17.8 Å². The number of hydrogen-bond donors (Lipinski definition) is 1. The number of ether oxygens (including phenoxy) is 1. The second kappa shape index (κ2) is 8.80. The highest BCUT2D eigenvalue weighted by molar-refractivity contribution is 5.70. The van der Waals surface area contributed by atoms with Crippen molar-refractivity contribution in [3.63, 3.8) is 0 Å². The van der Waals surface area contributed by atoms with E-state index in [0.717, 1.165) is 16.9 Å². The van der Waals surface area contributed by atoms with Crippen LogP contribution in [0.2, 0.25) is 0 Å². The van der Waals surface area contributed by atoms with Crippen molar-refractivity contribution in [2.75, 3.05) is 0 Å². The van der Waals surface area contributed by atoms with Gasteiger partial charge in [-0.05, 0) is 30.2 Å². The van der Waals surface area contributed by atoms with E-state index in [2.05, 4.69) is 6.07 Å². The van der Waals surface area contributed by atoms with Crippen molar-refractivity contribution in [3.8, 4) is 5.75 Å². The molecule has 21 heavy (non-hydrogen) atoms. The molecular weight excluding hydrogens is 264 g/mol. The third-order valence-electron chi connectivity index (χ3n) is 2.77. The molecule has 2 rings (SSSR count). The van der Waals surface area contributed by atoms with Crippen LogP contribution in [0.1, 0.15) is 30.5 Å². The summed E-state index contributed by atoms with van der Waals surface area (Å²) < 4.78 is 5.66. The van der Waals surface area contributed by atoms with E-state index >= 15 is 0 Å². The molecule has 0 aliphatic rings. The average molecular weight is 286 g/mol. The maximum Gasteiger partial charge on any atom is 0.307 e. The molecule has 0 unspecified atom stereocenters. The molecule has 0 radical (unpaired) electrons. The maximum absolute atomic E-state index is 10.6. The van der Waals surface area contributed by atoms with Gasteiger partial charge in [0.15, 0.2) is 0 Å². The first-order chi connectivity index (χ1) is 10.1. The Labute approximate surface area is 126 Å². The molecule has 0 bridgehead atoms. The monoisotopic (exact) mass is 286 g/mol. The lowest BCUT2D eigenvalue weighted by atomic mass is 10.1. The standard InChI is InChI=1S/C16H16O3.C2H6/c1-12-3-2-4-14(9-12)11-19-15-7-5-13(6-8-15)10-16(17)18;1-2/h2-9H,10-11H2,1H3,(H,17,18);1-2H3. The maximum atomic E-state index is 10.6. The van der Waals surface area contributed by atoms with Gasteiger partial charge >= 0.3 is 5.97 Å². The first-order valence-corrected chi connectivity index (χ1v) is 7.12. The zero-order chi connectivity index (χ0) is 15.7. The number of aliphatic carboxylic acids is 1. The Balaban J connectivity index is 0.00000106. The van der Waals surface area contributed by atoms with Crippen LogP contribution < -0.4 is 4.74 Å². The molecule has 0 saturated carbocycles. The number of carbonyl (C=O) groups is 1. The SMILES string of the molecule is CC.Cc1cccc(COc2ccc(CC(=O)O)cc2)c1. The van der Waals surface area contributed by atoms with Crippen molar-refractivity contribution >= 4 is 5.97 Å². The third kappa shape index (κ3) is 6.13. The van der Waals surface area contributed by atoms with Gasteiger partial charge in [-0.2, -0.15) is 0 Å². The topological polar surface area (TPSA) is 46.5 Å². The Hall–Kier alpha value is -2.29. The molecular formula is C18H22O3. The van der Waals surface area contributed by atoms with Gasteiger partial charge in [0.2, 0.25) is 0 Å². The molecule has 0 aliphatic carbocycles. The van der Waals surface area contributed by atoms with Crippen LogP contribution in [0.5, 0.6) is 5.75 Å². The van der Waals surface area contributed by atoms with Crippen molar-refractivity contribution < 1.29 is 14.6 Å². The van der Waals surface area contributed by atoms with Crippen LogP contribution in [-0.4, -0.2) is 11.1 Å². The van der Waals surface area contributed by atoms with E-state index in [4.69, 9.17) is 9.84 Å². The Morgan fingerprint density at radius 2 is 1.71 bits per heavy atom. The molecule has 0 aromatic heterocycles. The molecule has 0 fully saturated rings. The Kier molecular flexibility index (Phi) is 7.02. The van der Waals surface area contributed by atoms with Gasteiger partial charge in [-0.3, -0.25) is 4.79 Å². The second-order valence-corrected chi connectivity index (χ2v) is 4.49. The summed E-state index contributed by atoms with van der Waals surface area (Å²) in [4.78, 5) is 10.6. The summed E-state index contributed by atoms with van der Waals surface area (Å²) in [6.45, 7) is 6.56. The van der Waals surface area contributed by atoms with Crippen LogP contribution in [0, 0.1) is 6.92 Å². The minimum atomic E-state index is -0.826. The van der Waals surface area contributed by atoms with Crippen molar-refractivity contribution in [1.82, 2.24) is 0 Å². The first kappa shape index (κ1) is 16.8. The number of benzene rings is 2. The highest BCUT2D eigenvalue weighted by Crippen LogP contribution is 2.15. The highest BCUT2D eigenvalue weighted by atomic mass is 16.5. The molecule has 0 amide bonds. The summed E-state index contributed by atoms with van der Waals surface area (Å²) in [5.74, 6) is -0.0796. The van der Waals surface area contributed by atoms with E-state index in [1.54, 1.807) is 24.3 Å². The van der Waals surface area contributed by atoms with E-state index in [0.29, 0.717) is 6.61 Å². The van der Waals surface area contributed by atoms with Crippen molar-refractivity contribution in [2.45, 2.75) is 33.8 Å². The number of hydrogen-bond acceptors (Lipinski definition) is 2. The molecule has 2 aromatic carbocycles. The van der Waals surface area contributed by atoms with Crippen molar-refractivity contribution in [3.05, 3.63) is 65.2 Å². The van der Waals surface area contributed by atoms with Gasteiger partial charge in [0.25, 0.3) is 0 Å². The van der Waals surface area contributed by atoms with Gasteiger partial charge in [-0.25, -0.2) is 0 Å².